The second-order valence-corrected chi connectivity index (χ2v) is 10.2. The fourth-order valence-corrected chi connectivity index (χ4v) is 6.18. The van der Waals surface area contributed by atoms with Crippen LogP contribution in [0.3, 0.4) is 0 Å². The van der Waals surface area contributed by atoms with Crippen molar-refractivity contribution in [3.05, 3.63) is 56.9 Å². The van der Waals surface area contributed by atoms with E-state index in [1.165, 1.54) is 47.8 Å². The number of hydrogen-bond donors (Lipinski definition) is 0. The van der Waals surface area contributed by atoms with Crippen molar-refractivity contribution in [1.29, 1.82) is 0 Å². The number of hydrogen-bond acceptors (Lipinski definition) is 7. The Kier molecular flexibility index (Phi) is 5.84. The first-order valence-corrected chi connectivity index (χ1v) is 12.0. The number of benzene rings is 2. The summed E-state index contributed by atoms with van der Waals surface area (Å²) < 4.78 is 34.2. The number of amides is 1. The topological polar surface area (TPSA) is 124 Å². The van der Waals surface area contributed by atoms with Gasteiger partial charge in [-0.15, -0.1) is 0 Å². The van der Waals surface area contributed by atoms with Crippen molar-refractivity contribution in [1.82, 2.24) is 8.87 Å². The molecule has 1 saturated heterocycles. The Hall–Kier alpha value is -3.09. The SMILES string of the molecule is COc1cc([N+](=O)[O-])cc2sc(=NC(=O)c3ccc(S(=O)(=O)N4CCCC4)cc3)n(C)c12. The Morgan fingerprint density at radius 3 is 2.44 bits per heavy atom. The average Bonchev–Trinajstić information content (AvgIpc) is 3.42. The van der Waals surface area contributed by atoms with Gasteiger partial charge in [-0.1, -0.05) is 11.3 Å². The van der Waals surface area contributed by atoms with Crippen LogP contribution in [0.4, 0.5) is 5.69 Å². The van der Waals surface area contributed by atoms with Crippen LogP contribution in [0.2, 0.25) is 0 Å². The van der Waals surface area contributed by atoms with E-state index in [0.717, 1.165) is 24.2 Å². The third kappa shape index (κ3) is 3.92. The number of non-ortho nitro benzene ring substituents is 1. The number of nitrogens with zero attached hydrogens (tertiary/aromatic N) is 4. The Balaban J connectivity index is 1.69. The van der Waals surface area contributed by atoms with Gasteiger partial charge in [0.15, 0.2) is 10.6 Å². The highest BCUT2D eigenvalue weighted by molar-refractivity contribution is 7.89. The summed E-state index contributed by atoms with van der Waals surface area (Å²) >= 11 is 1.12. The lowest BCUT2D eigenvalue weighted by atomic mass is 10.2. The Morgan fingerprint density at radius 1 is 1.19 bits per heavy atom. The van der Waals surface area contributed by atoms with Gasteiger partial charge in [0.25, 0.3) is 11.6 Å². The van der Waals surface area contributed by atoms with E-state index in [2.05, 4.69) is 4.99 Å². The third-order valence-corrected chi connectivity index (χ3v) is 8.27. The molecule has 1 aliphatic rings. The second-order valence-electron chi connectivity index (χ2n) is 7.25. The smallest absolute Gasteiger partial charge is 0.279 e. The number of ether oxygens (including phenoxy) is 1. The molecule has 1 aromatic heterocycles. The number of carbonyl (C=O) groups excluding carboxylic acids is 1. The van der Waals surface area contributed by atoms with Crippen molar-refractivity contribution in [3.8, 4) is 5.75 Å². The predicted molar refractivity (Wildman–Crippen MR) is 118 cm³/mol. The van der Waals surface area contributed by atoms with E-state index in [9.17, 15) is 23.3 Å². The minimum Gasteiger partial charge on any atom is -0.494 e. The van der Waals surface area contributed by atoms with Gasteiger partial charge in [0.1, 0.15) is 5.52 Å². The summed E-state index contributed by atoms with van der Waals surface area (Å²) in [5.41, 5.74) is 0.700. The third-order valence-electron chi connectivity index (χ3n) is 5.28. The molecule has 1 fully saturated rings. The minimum absolute atomic E-state index is 0.121. The first-order chi connectivity index (χ1) is 15.2. The number of aromatic nitrogens is 1. The molecule has 0 bridgehead atoms. The average molecular weight is 477 g/mol. The van der Waals surface area contributed by atoms with Crippen LogP contribution in [-0.4, -0.2) is 48.3 Å². The normalized spacial score (nSPS) is 15.4. The van der Waals surface area contributed by atoms with Gasteiger partial charge in [-0.2, -0.15) is 9.30 Å². The Bertz CT molecular complexity index is 1380. The molecule has 2 heterocycles. The maximum atomic E-state index is 12.7. The van der Waals surface area contributed by atoms with E-state index in [0.29, 0.717) is 33.9 Å². The van der Waals surface area contributed by atoms with Crippen LogP contribution in [0.15, 0.2) is 46.3 Å². The molecule has 12 heteroatoms. The quantitative estimate of drug-likeness (QED) is 0.412. The standard InChI is InChI=1S/C20H20N4O6S2/c1-22-18-16(30-2)11-14(24(26)27)12-17(18)31-20(22)21-19(25)13-5-7-15(8-6-13)32(28,29)23-9-3-4-10-23/h5-8,11-12H,3-4,9-10H2,1-2H3. The summed E-state index contributed by atoms with van der Waals surface area (Å²) in [5.74, 6) is -0.246. The molecule has 0 aliphatic carbocycles. The van der Waals surface area contributed by atoms with E-state index in [1.54, 1.807) is 11.6 Å². The van der Waals surface area contributed by atoms with Crippen LogP contribution < -0.4 is 9.54 Å². The Morgan fingerprint density at radius 2 is 1.84 bits per heavy atom. The molecule has 10 nitrogen and oxygen atoms in total. The molecule has 32 heavy (non-hydrogen) atoms. The summed E-state index contributed by atoms with van der Waals surface area (Å²) in [7, 11) is -0.464. The van der Waals surface area contributed by atoms with Crippen LogP contribution in [0.25, 0.3) is 10.2 Å². The predicted octanol–water partition coefficient (Wildman–Crippen LogP) is 2.68. The molecule has 0 atom stereocenters. The molecule has 3 aromatic rings. The minimum atomic E-state index is -3.56. The zero-order chi connectivity index (χ0) is 23.0. The highest BCUT2D eigenvalue weighted by atomic mass is 32.2. The highest BCUT2D eigenvalue weighted by Gasteiger charge is 2.27. The number of nitro groups is 1. The molecular formula is C20H20N4O6S2. The second kappa shape index (κ2) is 8.45. The molecule has 0 spiro atoms. The molecule has 4 rings (SSSR count). The van der Waals surface area contributed by atoms with Crippen LogP contribution in [0.5, 0.6) is 5.75 Å². The van der Waals surface area contributed by atoms with Gasteiger partial charge in [-0.25, -0.2) is 8.42 Å². The van der Waals surface area contributed by atoms with Gasteiger partial charge in [-0.05, 0) is 37.1 Å². The number of sulfonamides is 1. The first-order valence-electron chi connectivity index (χ1n) is 9.73. The van der Waals surface area contributed by atoms with E-state index >= 15 is 0 Å². The molecule has 168 valence electrons. The van der Waals surface area contributed by atoms with Crippen molar-refractivity contribution in [2.75, 3.05) is 20.2 Å². The molecule has 0 unspecified atom stereocenters. The number of aryl methyl sites for hydroxylation is 1. The molecule has 0 saturated carbocycles. The number of rotatable bonds is 5. The number of methoxy groups -OCH3 is 1. The molecular weight excluding hydrogens is 456 g/mol. The van der Waals surface area contributed by atoms with Crippen molar-refractivity contribution < 1.29 is 22.9 Å². The van der Waals surface area contributed by atoms with E-state index in [4.69, 9.17) is 4.74 Å². The largest absolute Gasteiger partial charge is 0.494 e. The maximum absolute atomic E-state index is 12.7. The summed E-state index contributed by atoms with van der Waals surface area (Å²) in [6, 6.07) is 8.42. The molecule has 1 amide bonds. The fraction of sp³-hybridized carbons (Fsp3) is 0.300. The van der Waals surface area contributed by atoms with Gasteiger partial charge < -0.3 is 9.30 Å². The van der Waals surface area contributed by atoms with E-state index in [-0.39, 0.29) is 16.1 Å². The zero-order valence-electron chi connectivity index (χ0n) is 17.3. The van der Waals surface area contributed by atoms with Gasteiger partial charge >= 0.3 is 0 Å². The van der Waals surface area contributed by atoms with Crippen LogP contribution in [0.1, 0.15) is 23.2 Å². The molecule has 0 radical (unpaired) electrons. The highest BCUT2D eigenvalue weighted by Crippen LogP contribution is 2.32. The lowest BCUT2D eigenvalue weighted by Gasteiger charge is -2.15. The van der Waals surface area contributed by atoms with Crippen LogP contribution >= 0.6 is 11.3 Å². The van der Waals surface area contributed by atoms with Crippen LogP contribution in [0, 0.1) is 10.1 Å². The van der Waals surface area contributed by atoms with Crippen molar-refractivity contribution in [2.45, 2.75) is 17.7 Å². The number of nitro benzene ring substituents is 1. The summed E-state index contributed by atoms with van der Waals surface area (Å²) in [5, 5.41) is 11.2. The monoisotopic (exact) mass is 476 g/mol. The first kappa shape index (κ1) is 22.1. The van der Waals surface area contributed by atoms with Gasteiger partial charge in [0.05, 0.1) is 27.7 Å². The fourth-order valence-electron chi connectivity index (χ4n) is 3.60. The van der Waals surface area contributed by atoms with Gasteiger partial charge in [0, 0.05) is 31.8 Å². The number of carbonyl (C=O) groups is 1. The van der Waals surface area contributed by atoms with Crippen LogP contribution in [-0.2, 0) is 17.1 Å². The lowest BCUT2D eigenvalue weighted by Crippen LogP contribution is -2.27. The Labute approximate surface area is 187 Å². The molecule has 0 N–H and O–H groups in total. The zero-order valence-corrected chi connectivity index (χ0v) is 19.0. The molecule has 2 aromatic carbocycles. The van der Waals surface area contributed by atoms with Crippen molar-refractivity contribution in [2.24, 2.45) is 12.0 Å². The van der Waals surface area contributed by atoms with E-state index < -0.39 is 20.9 Å². The maximum Gasteiger partial charge on any atom is 0.279 e. The lowest BCUT2D eigenvalue weighted by molar-refractivity contribution is -0.384. The summed E-state index contributed by atoms with van der Waals surface area (Å²) in [6.45, 7) is 1.00. The molecule has 1 aliphatic heterocycles. The number of thiazole rings is 1. The summed E-state index contributed by atoms with van der Waals surface area (Å²) in [4.78, 5) is 28.0. The number of fused-ring (bicyclic) bond motifs is 1. The van der Waals surface area contributed by atoms with Gasteiger partial charge in [-0.3, -0.25) is 14.9 Å². The van der Waals surface area contributed by atoms with E-state index in [1.807, 2.05) is 0 Å². The summed E-state index contributed by atoms with van der Waals surface area (Å²) in [6.07, 6.45) is 1.68. The van der Waals surface area contributed by atoms with Crippen molar-refractivity contribution in [3.63, 3.8) is 0 Å². The van der Waals surface area contributed by atoms with Gasteiger partial charge in [0.2, 0.25) is 10.0 Å². The van der Waals surface area contributed by atoms with Crippen molar-refractivity contribution >= 4 is 43.2 Å².